The molecule has 0 aliphatic carbocycles. The summed E-state index contributed by atoms with van der Waals surface area (Å²) in [5.41, 5.74) is 0. The minimum absolute atomic E-state index is 0.339. The third kappa shape index (κ3) is 5.78. The van der Waals surface area contributed by atoms with E-state index >= 15 is 0 Å². The van der Waals surface area contributed by atoms with Crippen molar-refractivity contribution >= 4 is 27.5 Å². The Morgan fingerprint density at radius 2 is 2.00 bits per heavy atom. The molecule has 0 N–H and O–H groups in total. The van der Waals surface area contributed by atoms with Gasteiger partial charge < -0.3 is 9.47 Å². The van der Waals surface area contributed by atoms with Crippen LogP contribution in [0, 0.1) is 0 Å². The van der Waals surface area contributed by atoms with Crippen LogP contribution >= 0.6 is 27.5 Å². The lowest BCUT2D eigenvalue weighted by Gasteiger charge is -2.35. The second-order valence-corrected chi connectivity index (χ2v) is 6.97. The summed E-state index contributed by atoms with van der Waals surface area (Å²) in [5.74, 6) is 0.758. The van der Waals surface area contributed by atoms with Crippen LogP contribution < -0.4 is 4.74 Å². The Bertz CT molecular complexity index is 448. The first-order chi connectivity index (χ1) is 10.0. The lowest BCUT2D eigenvalue weighted by Crippen LogP contribution is -2.45. The highest BCUT2D eigenvalue weighted by atomic mass is 79.9. The van der Waals surface area contributed by atoms with Crippen molar-refractivity contribution in [3.63, 3.8) is 0 Å². The lowest BCUT2D eigenvalue weighted by molar-refractivity contribution is -0.0682. The number of nitrogens with zero attached hydrogens (tertiary/aromatic N) is 1. The molecule has 1 fully saturated rings. The van der Waals surface area contributed by atoms with E-state index in [0.29, 0.717) is 23.8 Å². The van der Waals surface area contributed by atoms with Crippen LogP contribution in [0.3, 0.4) is 0 Å². The van der Waals surface area contributed by atoms with Crippen molar-refractivity contribution in [1.82, 2.24) is 4.90 Å². The predicted octanol–water partition coefficient (Wildman–Crippen LogP) is 4.37. The van der Waals surface area contributed by atoms with Gasteiger partial charge in [-0.3, -0.25) is 4.90 Å². The van der Waals surface area contributed by atoms with E-state index < -0.39 is 0 Å². The molecule has 0 radical (unpaired) electrons. The van der Waals surface area contributed by atoms with Crippen molar-refractivity contribution in [3.8, 4) is 5.75 Å². The highest BCUT2D eigenvalue weighted by molar-refractivity contribution is 9.10. The van der Waals surface area contributed by atoms with Crippen LogP contribution in [0.5, 0.6) is 5.75 Å². The summed E-state index contributed by atoms with van der Waals surface area (Å²) in [4.78, 5) is 2.48. The molecule has 3 nitrogen and oxygen atoms in total. The van der Waals surface area contributed by atoms with Crippen LogP contribution in [0.2, 0.25) is 5.02 Å². The lowest BCUT2D eigenvalue weighted by atomic mass is 10.2. The summed E-state index contributed by atoms with van der Waals surface area (Å²) < 4.78 is 12.4. The molecule has 118 valence electrons. The fourth-order valence-electron chi connectivity index (χ4n) is 2.68. The van der Waals surface area contributed by atoms with Gasteiger partial charge in [0.15, 0.2) is 0 Å². The average molecular weight is 377 g/mol. The maximum atomic E-state index is 6.12. The molecule has 1 aromatic rings. The molecule has 0 spiro atoms. The summed E-state index contributed by atoms with van der Waals surface area (Å²) in [6.07, 6.45) is 2.85. The Hall–Kier alpha value is -0.290. The molecule has 0 unspecified atom stereocenters. The molecule has 1 heterocycles. The number of morpholine rings is 1. The number of ether oxygens (including phenoxy) is 2. The largest absolute Gasteiger partial charge is 0.492 e. The summed E-state index contributed by atoms with van der Waals surface area (Å²) in [7, 11) is 0. The van der Waals surface area contributed by atoms with Gasteiger partial charge in [0.05, 0.1) is 23.8 Å². The Labute approximate surface area is 140 Å². The molecule has 2 atom stereocenters. The summed E-state index contributed by atoms with van der Waals surface area (Å²) >= 11 is 9.51. The number of unbranched alkanes of at least 4 members (excludes halogenated alkanes) is 1. The Morgan fingerprint density at radius 1 is 1.29 bits per heavy atom. The van der Waals surface area contributed by atoms with Gasteiger partial charge in [-0.05, 0) is 51.4 Å². The third-order valence-electron chi connectivity index (χ3n) is 3.52. The SMILES string of the molecule is C[C@H]1CN(CCCCOc2ccc(Br)cc2Cl)C[C@H](C)O1. The van der Waals surface area contributed by atoms with Crippen LogP contribution in [0.1, 0.15) is 26.7 Å². The van der Waals surface area contributed by atoms with Crippen LogP contribution in [0.15, 0.2) is 22.7 Å². The molecule has 0 amide bonds. The molecule has 2 rings (SSSR count). The number of hydrogen-bond acceptors (Lipinski definition) is 3. The maximum Gasteiger partial charge on any atom is 0.137 e. The first-order valence-electron chi connectivity index (χ1n) is 7.50. The van der Waals surface area contributed by atoms with Gasteiger partial charge in [0.25, 0.3) is 0 Å². The summed E-state index contributed by atoms with van der Waals surface area (Å²) in [5, 5.41) is 0.653. The van der Waals surface area contributed by atoms with Gasteiger partial charge in [-0.2, -0.15) is 0 Å². The Kier molecular flexibility index (Phi) is 6.80. The normalized spacial score (nSPS) is 23.2. The second-order valence-electron chi connectivity index (χ2n) is 5.65. The average Bonchev–Trinajstić information content (AvgIpc) is 2.39. The molecule has 0 bridgehead atoms. The quantitative estimate of drug-likeness (QED) is 0.688. The van der Waals surface area contributed by atoms with Gasteiger partial charge in [0, 0.05) is 17.6 Å². The van der Waals surface area contributed by atoms with Crippen molar-refractivity contribution in [3.05, 3.63) is 27.7 Å². The second kappa shape index (κ2) is 8.37. The molecule has 21 heavy (non-hydrogen) atoms. The maximum absolute atomic E-state index is 6.12. The van der Waals surface area contributed by atoms with E-state index in [1.165, 1.54) is 0 Å². The van der Waals surface area contributed by atoms with E-state index in [1.54, 1.807) is 0 Å². The van der Waals surface area contributed by atoms with E-state index in [-0.39, 0.29) is 0 Å². The topological polar surface area (TPSA) is 21.7 Å². The van der Waals surface area contributed by atoms with Crippen LogP contribution in [0.4, 0.5) is 0 Å². The first kappa shape index (κ1) is 17.1. The molecule has 1 aliphatic rings. The molecule has 1 aromatic carbocycles. The summed E-state index contributed by atoms with van der Waals surface area (Å²) in [6, 6.07) is 5.70. The molecule has 0 aromatic heterocycles. The van der Waals surface area contributed by atoms with Crippen LogP contribution in [-0.2, 0) is 4.74 Å². The van der Waals surface area contributed by atoms with E-state index in [4.69, 9.17) is 21.1 Å². The predicted molar refractivity (Wildman–Crippen MR) is 90.3 cm³/mol. The zero-order valence-electron chi connectivity index (χ0n) is 12.6. The molecular formula is C16H23BrClNO2. The van der Waals surface area contributed by atoms with Gasteiger partial charge in [0.1, 0.15) is 5.75 Å². The van der Waals surface area contributed by atoms with Gasteiger partial charge in [-0.15, -0.1) is 0 Å². The summed E-state index contributed by atoms with van der Waals surface area (Å²) in [6.45, 7) is 8.16. The fraction of sp³-hybridized carbons (Fsp3) is 0.625. The van der Waals surface area contributed by atoms with E-state index in [2.05, 4.69) is 34.7 Å². The molecule has 1 saturated heterocycles. The van der Waals surface area contributed by atoms with Crippen molar-refractivity contribution < 1.29 is 9.47 Å². The first-order valence-corrected chi connectivity index (χ1v) is 8.67. The van der Waals surface area contributed by atoms with Crippen molar-refractivity contribution in [1.29, 1.82) is 0 Å². The zero-order valence-corrected chi connectivity index (χ0v) is 15.0. The third-order valence-corrected chi connectivity index (χ3v) is 4.30. The standard InChI is InChI=1S/C16H23BrClNO2/c1-12-10-19(11-13(2)21-12)7-3-4-8-20-16-6-5-14(17)9-15(16)18/h5-6,9,12-13H,3-4,7-8,10-11H2,1-2H3/t12-,13-/m0/s1. The van der Waals surface area contributed by atoms with Crippen molar-refractivity contribution in [2.75, 3.05) is 26.2 Å². The van der Waals surface area contributed by atoms with E-state index in [1.807, 2.05) is 18.2 Å². The van der Waals surface area contributed by atoms with Crippen LogP contribution in [0.25, 0.3) is 0 Å². The molecule has 0 saturated carbocycles. The van der Waals surface area contributed by atoms with E-state index in [0.717, 1.165) is 42.7 Å². The minimum Gasteiger partial charge on any atom is -0.492 e. The van der Waals surface area contributed by atoms with Gasteiger partial charge >= 0.3 is 0 Å². The van der Waals surface area contributed by atoms with Gasteiger partial charge in [-0.1, -0.05) is 27.5 Å². The number of rotatable bonds is 6. The molecular weight excluding hydrogens is 354 g/mol. The zero-order chi connectivity index (χ0) is 15.2. The van der Waals surface area contributed by atoms with Crippen molar-refractivity contribution in [2.45, 2.75) is 38.9 Å². The smallest absolute Gasteiger partial charge is 0.137 e. The number of hydrogen-bond donors (Lipinski definition) is 0. The van der Waals surface area contributed by atoms with Gasteiger partial charge in [0.2, 0.25) is 0 Å². The highest BCUT2D eigenvalue weighted by Gasteiger charge is 2.21. The number of benzene rings is 1. The van der Waals surface area contributed by atoms with Crippen molar-refractivity contribution in [2.24, 2.45) is 0 Å². The highest BCUT2D eigenvalue weighted by Crippen LogP contribution is 2.27. The minimum atomic E-state index is 0.339. The van der Waals surface area contributed by atoms with Crippen LogP contribution in [-0.4, -0.2) is 43.3 Å². The van der Waals surface area contributed by atoms with E-state index in [9.17, 15) is 0 Å². The fourth-order valence-corrected chi connectivity index (χ4v) is 3.41. The Morgan fingerprint density at radius 3 is 2.67 bits per heavy atom. The van der Waals surface area contributed by atoms with Gasteiger partial charge in [-0.25, -0.2) is 0 Å². The number of halogens is 2. The monoisotopic (exact) mass is 375 g/mol. The molecule has 5 heteroatoms. The molecule has 1 aliphatic heterocycles. The Balaban J connectivity index is 1.63.